The summed E-state index contributed by atoms with van der Waals surface area (Å²) in [6, 6.07) is 8.09. The fraction of sp³-hybridized carbons (Fsp3) is 0.385. The maximum absolute atomic E-state index is 11.8. The number of hydrogen-bond donors (Lipinski definition) is 1. The van der Waals surface area contributed by atoms with Crippen LogP contribution < -0.4 is 5.32 Å². The minimum Gasteiger partial charge on any atom is -0.350 e. The van der Waals surface area contributed by atoms with Gasteiger partial charge in [0.25, 0.3) is 5.91 Å². The van der Waals surface area contributed by atoms with E-state index in [0.717, 1.165) is 6.26 Å². The van der Waals surface area contributed by atoms with Crippen molar-refractivity contribution in [1.29, 1.82) is 5.26 Å². The fourth-order valence-corrected chi connectivity index (χ4v) is 1.56. The van der Waals surface area contributed by atoms with Crippen molar-refractivity contribution in [1.82, 2.24) is 5.32 Å². The average molecular weight is 280 g/mol. The molecule has 1 N–H and O–H groups in total. The van der Waals surface area contributed by atoms with Crippen molar-refractivity contribution in [2.45, 2.75) is 18.6 Å². The van der Waals surface area contributed by atoms with E-state index in [1.807, 2.05) is 6.07 Å². The lowest BCUT2D eigenvalue weighted by Gasteiger charge is -2.22. The molecule has 0 aliphatic heterocycles. The number of carbonyl (C=O) groups is 1. The summed E-state index contributed by atoms with van der Waals surface area (Å²) in [4.78, 5) is 11.8. The standard InChI is InChI=1S/C13H16N2O3S/c1-13(2,19(3,17)18)9-15-12(16)11-6-4-10(8-14)5-7-11/h4-7H,9H2,1-3H3,(H,15,16). The summed E-state index contributed by atoms with van der Waals surface area (Å²) in [5, 5.41) is 11.2. The minimum absolute atomic E-state index is 0.0324. The molecule has 0 radical (unpaired) electrons. The van der Waals surface area contributed by atoms with Crippen LogP contribution in [0.3, 0.4) is 0 Å². The number of sulfone groups is 1. The Labute approximate surface area is 113 Å². The molecule has 19 heavy (non-hydrogen) atoms. The second kappa shape index (κ2) is 5.41. The van der Waals surface area contributed by atoms with E-state index in [1.165, 1.54) is 24.3 Å². The van der Waals surface area contributed by atoms with Gasteiger partial charge in [-0.05, 0) is 38.1 Å². The number of nitriles is 1. The highest BCUT2D eigenvalue weighted by molar-refractivity contribution is 7.92. The van der Waals surface area contributed by atoms with Crippen molar-refractivity contribution in [2.24, 2.45) is 0 Å². The SMILES string of the molecule is CC(C)(CNC(=O)c1ccc(C#N)cc1)S(C)(=O)=O. The molecule has 102 valence electrons. The highest BCUT2D eigenvalue weighted by Crippen LogP contribution is 2.13. The fourth-order valence-electron chi connectivity index (χ4n) is 1.22. The Bertz CT molecular complexity index is 610. The van der Waals surface area contributed by atoms with Gasteiger partial charge in [-0.15, -0.1) is 0 Å². The molecule has 0 saturated heterocycles. The second-order valence-electron chi connectivity index (χ2n) is 4.90. The van der Waals surface area contributed by atoms with Crippen molar-refractivity contribution in [2.75, 3.05) is 12.8 Å². The predicted octanol–water partition coefficient (Wildman–Crippen LogP) is 1.11. The van der Waals surface area contributed by atoms with E-state index in [4.69, 9.17) is 5.26 Å². The van der Waals surface area contributed by atoms with E-state index in [9.17, 15) is 13.2 Å². The Morgan fingerprint density at radius 1 is 1.32 bits per heavy atom. The maximum Gasteiger partial charge on any atom is 0.251 e. The molecule has 1 aromatic rings. The Kier molecular flexibility index (Phi) is 4.32. The molecule has 0 atom stereocenters. The van der Waals surface area contributed by atoms with Crippen molar-refractivity contribution in [3.05, 3.63) is 35.4 Å². The first-order valence-corrected chi connectivity index (χ1v) is 7.54. The molecule has 5 nitrogen and oxygen atoms in total. The van der Waals surface area contributed by atoms with Gasteiger partial charge in [0.05, 0.1) is 16.4 Å². The molecule has 0 heterocycles. The highest BCUT2D eigenvalue weighted by Gasteiger charge is 2.30. The predicted molar refractivity (Wildman–Crippen MR) is 72.4 cm³/mol. The van der Waals surface area contributed by atoms with Crippen molar-refractivity contribution >= 4 is 15.7 Å². The second-order valence-corrected chi connectivity index (χ2v) is 7.55. The van der Waals surface area contributed by atoms with Gasteiger partial charge in [-0.1, -0.05) is 0 Å². The van der Waals surface area contributed by atoms with Crippen LogP contribution in [0.25, 0.3) is 0 Å². The third-order valence-corrected chi connectivity index (χ3v) is 5.11. The first-order valence-electron chi connectivity index (χ1n) is 5.65. The lowest BCUT2D eigenvalue weighted by atomic mass is 10.1. The van der Waals surface area contributed by atoms with Gasteiger partial charge in [0.15, 0.2) is 9.84 Å². The zero-order valence-electron chi connectivity index (χ0n) is 11.1. The van der Waals surface area contributed by atoms with Gasteiger partial charge < -0.3 is 5.32 Å². The van der Waals surface area contributed by atoms with Gasteiger partial charge in [-0.2, -0.15) is 5.26 Å². The lowest BCUT2D eigenvalue weighted by Crippen LogP contribution is -2.43. The van der Waals surface area contributed by atoms with E-state index < -0.39 is 14.6 Å². The minimum atomic E-state index is -3.25. The number of carbonyl (C=O) groups excluding carboxylic acids is 1. The number of rotatable bonds is 4. The molecule has 0 aliphatic carbocycles. The van der Waals surface area contributed by atoms with Gasteiger partial charge in [-0.3, -0.25) is 4.79 Å². The molecule has 0 aromatic heterocycles. The number of nitrogens with one attached hydrogen (secondary N) is 1. The van der Waals surface area contributed by atoms with Crippen LogP contribution in [-0.4, -0.2) is 31.9 Å². The Hall–Kier alpha value is -1.87. The van der Waals surface area contributed by atoms with E-state index in [-0.39, 0.29) is 12.5 Å². The summed E-state index contributed by atoms with van der Waals surface area (Å²) in [5.74, 6) is -0.360. The van der Waals surface area contributed by atoms with Gasteiger partial charge in [0.2, 0.25) is 0 Å². The summed E-state index contributed by atoms with van der Waals surface area (Å²) in [6.07, 6.45) is 1.14. The first-order chi connectivity index (χ1) is 8.67. The topological polar surface area (TPSA) is 87.0 Å². The quantitative estimate of drug-likeness (QED) is 0.895. The van der Waals surface area contributed by atoms with Crippen LogP contribution >= 0.6 is 0 Å². The highest BCUT2D eigenvalue weighted by atomic mass is 32.2. The van der Waals surface area contributed by atoms with Gasteiger partial charge >= 0.3 is 0 Å². The summed E-state index contributed by atoms with van der Waals surface area (Å²) in [7, 11) is -3.25. The Balaban J connectivity index is 2.74. The number of nitrogens with zero attached hydrogens (tertiary/aromatic N) is 1. The summed E-state index contributed by atoms with van der Waals surface area (Å²) < 4.78 is 22.0. The lowest BCUT2D eigenvalue weighted by molar-refractivity contribution is 0.0950. The van der Waals surface area contributed by atoms with Crippen LogP contribution in [0, 0.1) is 11.3 Å². The molecule has 0 unspecified atom stereocenters. The van der Waals surface area contributed by atoms with E-state index >= 15 is 0 Å². The molecular weight excluding hydrogens is 264 g/mol. The van der Waals surface area contributed by atoms with Crippen molar-refractivity contribution in [3.63, 3.8) is 0 Å². The molecule has 6 heteroatoms. The molecular formula is C13H16N2O3S. The van der Waals surface area contributed by atoms with Gasteiger partial charge in [0, 0.05) is 18.4 Å². The van der Waals surface area contributed by atoms with Crippen LogP contribution in [0.1, 0.15) is 29.8 Å². The number of benzene rings is 1. The maximum atomic E-state index is 11.8. The van der Waals surface area contributed by atoms with Gasteiger partial charge in [0.1, 0.15) is 0 Å². The zero-order chi connectivity index (χ0) is 14.7. The Morgan fingerprint density at radius 2 is 1.84 bits per heavy atom. The van der Waals surface area contributed by atoms with Crippen LogP contribution in [0.4, 0.5) is 0 Å². The van der Waals surface area contributed by atoms with Crippen molar-refractivity contribution in [3.8, 4) is 6.07 Å². The molecule has 0 saturated carbocycles. The molecule has 1 rings (SSSR count). The summed E-state index contributed by atoms with van der Waals surface area (Å²) >= 11 is 0. The van der Waals surface area contributed by atoms with Crippen molar-refractivity contribution < 1.29 is 13.2 Å². The van der Waals surface area contributed by atoms with Crippen LogP contribution in [0.15, 0.2) is 24.3 Å². The van der Waals surface area contributed by atoms with Crippen LogP contribution in [0.5, 0.6) is 0 Å². The van der Waals surface area contributed by atoms with E-state index in [2.05, 4.69) is 5.32 Å². The number of hydrogen-bond acceptors (Lipinski definition) is 4. The largest absolute Gasteiger partial charge is 0.350 e. The molecule has 0 bridgehead atoms. The molecule has 0 spiro atoms. The third-order valence-electron chi connectivity index (χ3n) is 2.95. The van der Waals surface area contributed by atoms with Gasteiger partial charge in [-0.25, -0.2) is 8.42 Å². The van der Waals surface area contributed by atoms with E-state index in [1.54, 1.807) is 13.8 Å². The van der Waals surface area contributed by atoms with E-state index in [0.29, 0.717) is 11.1 Å². The average Bonchev–Trinajstić information content (AvgIpc) is 2.35. The summed E-state index contributed by atoms with van der Waals surface area (Å²) in [5.41, 5.74) is 0.858. The van der Waals surface area contributed by atoms with Crippen LogP contribution in [0.2, 0.25) is 0 Å². The van der Waals surface area contributed by atoms with Crippen LogP contribution in [-0.2, 0) is 9.84 Å². The first kappa shape index (κ1) is 15.2. The monoisotopic (exact) mass is 280 g/mol. The Morgan fingerprint density at radius 3 is 2.26 bits per heavy atom. The normalized spacial score (nSPS) is 11.7. The smallest absolute Gasteiger partial charge is 0.251 e. The molecule has 1 amide bonds. The third kappa shape index (κ3) is 3.80. The molecule has 0 fully saturated rings. The molecule has 1 aromatic carbocycles. The number of amides is 1. The summed E-state index contributed by atoms with van der Waals surface area (Å²) in [6.45, 7) is 3.15. The zero-order valence-corrected chi connectivity index (χ0v) is 11.9. The molecule has 0 aliphatic rings.